The maximum Gasteiger partial charge on any atom is 0.122 e. The van der Waals surface area contributed by atoms with Crippen LogP contribution in [0.25, 0.3) is 0 Å². The predicted molar refractivity (Wildman–Crippen MR) is 66.6 cm³/mol. The van der Waals surface area contributed by atoms with E-state index in [1.165, 1.54) is 6.42 Å². The maximum absolute atomic E-state index is 5.63. The molecule has 1 aliphatic heterocycles. The molecule has 1 N–H and O–H groups in total. The number of nitrogens with zero attached hydrogens (tertiary/aromatic N) is 1. The van der Waals surface area contributed by atoms with Crippen LogP contribution in [0.5, 0.6) is 0 Å². The molecular weight excluding hydrogens is 220 g/mol. The van der Waals surface area contributed by atoms with Crippen molar-refractivity contribution in [2.24, 2.45) is 0 Å². The zero-order valence-corrected chi connectivity index (χ0v) is 10.8. The Bertz CT molecular complexity index is 321. The first kappa shape index (κ1) is 12.0. The molecule has 0 aliphatic carbocycles. The molecule has 4 heteroatoms. The van der Waals surface area contributed by atoms with E-state index in [-0.39, 0.29) is 6.10 Å². The lowest BCUT2D eigenvalue weighted by molar-refractivity contribution is 0.111. The van der Waals surface area contributed by atoms with Crippen molar-refractivity contribution in [3.63, 3.8) is 0 Å². The van der Waals surface area contributed by atoms with Gasteiger partial charge in [0.1, 0.15) is 11.1 Å². The van der Waals surface area contributed by atoms with Gasteiger partial charge in [-0.2, -0.15) is 0 Å². The average Bonchev–Trinajstić information content (AvgIpc) is 2.95. The van der Waals surface area contributed by atoms with Crippen molar-refractivity contribution in [3.8, 4) is 0 Å². The molecule has 1 fully saturated rings. The molecule has 0 spiro atoms. The Morgan fingerprint density at radius 2 is 2.56 bits per heavy atom. The van der Waals surface area contributed by atoms with E-state index in [9.17, 15) is 0 Å². The van der Waals surface area contributed by atoms with Gasteiger partial charge < -0.3 is 10.1 Å². The monoisotopic (exact) mass is 240 g/mol. The van der Waals surface area contributed by atoms with E-state index in [2.05, 4.69) is 29.5 Å². The molecular formula is C12H20N2OS. The number of thiazole rings is 1. The second kappa shape index (κ2) is 5.75. The lowest BCUT2D eigenvalue weighted by Gasteiger charge is -2.09. The number of nitrogens with one attached hydrogen (secondary N) is 1. The molecule has 0 aromatic carbocycles. The summed E-state index contributed by atoms with van der Waals surface area (Å²) in [6.45, 7) is 6.16. The summed E-state index contributed by atoms with van der Waals surface area (Å²) in [5, 5.41) is 6.75. The second-order valence-corrected chi connectivity index (χ2v) is 5.26. The maximum atomic E-state index is 5.63. The molecule has 1 aromatic rings. The van der Waals surface area contributed by atoms with Crippen molar-refractivity contribution in [3.05, 3.63) is 16.1 Å². The second-order valence-electron chi connectivity index (χ2n) is 4.37. The Balaban J connectivity index is 1.86. The number of aromatic nitrogens is 1. The first-order valence-electron chi connectivity index (χ1n) is 6.09. The van der Waals surface area contributed by atoms with Gasteiger partial charge in [-0.25, -0.2) is 4.98 Å². The summed E-state index contributed by atoms with van der Waals surface area (Å²) in [6, 6.07) is 0.563. The normalized spacial score (nSPS) is 22.5. The van der Waals surface area contributed by atoms with Gasteiger partial charge in [0.05, 0.1) is 5.69 Å². The summed E-state index contributed by atoms with van der Waals surface area (Å²) < 4.78 is 5.63. The highest BCUT2D eigenvalue weighted by Gasteiger charge is 2.20. The quantitative estimate of drug-likeness (QED) is 0.859. The molecule has 1 saturated heterocycles. The minimum atomic E-state index is 0.266. The van der Waals surface area contributed by atoms with Gasteiger partial charge in [-0.1, -0.05) is 6.92 Å². The summed E-state index contributed by atoms with van der Waals surface area (Å²) in [4.78, 5) is 4.63. The Hall–Kier alpha value is -0.450. The molecule has 2 unspecified atom stereocenters. The van der Waals surface area contributed by atoms with Gasteiger partial charge in [0, 0.05) is 24.6 Å². The van der Waals surface area contributed by atoms with Crippen LogP contribution in [0.15, 0.2) is 5.38 Å². The van der Waals surface area contributed by atoms with Crippen LogP contribution in [0.2, 0.25) is 0 Å². The molecule has 0 radical (unpaired) electrons. The minimum Gasteiger partial charge on any atom is -0.371 e. The number of hydrogen-bond acceptors (Lipinski definition) is 4. The van der Waals surface area contributed by atoms with Gasteiger partial charge >= 0.3 is 0 Å². The van der Waals surface area contributed by atoms with Crippen LogP contribution in [0.3, 0.4) is 0 Å². The first-order valence-corrected chi connectivity index (χ1v) is 6.97. The molecule has 3 nitrogen and oxygen atoms in total. The fourth-order valence-corrected chi connectivity index (χ4v) is 2.65. The third kappa shape index (κ3) is 3.03. The molecule has 0 saturated carbocycles. The number of rotatable bonds is 5. The van der Waals surface area contributed by atoms with E-state index in [0.29, 0.717) is 6.04 Å². The van der Waals surface area contributed by atoms with Crippen LogP contribution >= 0.6 is 11.3 Å². The van der Waals surface area contributed by atoms with Crippen molar-refractivity contribution >= 4 is 11.3 Å². The van der Waals surface area contributed by atoms with Gasteiger partial charge in [0.25, 0.3) is 0 Å². The lowest BCUT2D eigenvalue weighted by Crippen LogP contribution is -2.24. The summed E-state index contributed by atoms with van der Waals surface area (Å²) in [7, 11) is 0. The molecule has 0 bridgehead atoms. The Morgan fingerprint density at radius 3 is 3.25 bits per heavy atom. The summed E-state index contributed by atoms with van der Waals surface area (Å²) in [5.41, 5.74) is 1.15. The van der Waals surface area contributed by atoms with E-state index in [0.717, 1.165) is 36.7 Å². The lowest BCUT2D eigenvalue weighted by atomic mass is 10.2. The van der Waals surface area contributed by atoms with Crippen molar-refractivity contribution in [2.45, 2.75) is 51.8 Å². The van der Waals surface area contributed by atoms with E-state index < -0.39 is 0 Å². The highest BCUT2D eigenvalue weighted by atomic mass is 32.1. The summed E-state index contributed by atoms with van der Waals surface area (Å²) >= 11 is 1.73. The van der Waals surface area contributed by atoms with E-state index in [1.54, 1.807) is 11.3 Å². The van der Waals surface area contributed by atoms with Crippen molar-refractivity contribution in [1.82, 2.24) is 10.3 Å². The third-order valence-corrected chi connectivity index (χ3v) is 4.00. The fraction of sp³-hybridized carbons (Fsp3) is 0.750. The SMILES string of the molecule is CCC(C)NCc1csc(C2CCCO2)n1. The van der Waals surface area contributed by atoms with Crippen LogP contribution in [-0.2, 0) is 11.3 Å². The molecule has 16 heavy (non-hydrogen) atoms. The largest absolute Gasteiger partial charge is 0.371 e. The van der Waals surface area contributed by atoms with Crippen molar-refractivity contribution < 1.29 is 4.74 Å². The zero-order valence-electron chi connectivity index (χ0n) is 10.0. The molecule has 2 atom stereocenters. The smallest absolute Gasteiger partial charge is 0.122 e. The van der Waals surface area contributed by atoms with Gasteiger partial charge in [0.2, 0.25) is 0 Å². The van der Waals surface area contributed by atoms with Crippen LogP contribution in [-0.4, -0.2) is 17.6 Å². The topological polar surface area (TPSA) is 34.1 Å². The highest BCUT2D eigenvalue weighted by molar-refractivity contribution is 7.09. The third-order valence-electron chi connectivity index (χ3n) is 3.02. The molecule has 1 aliphatic rings. The number of ether oxygens (including phenoxy) is 1. The predicted octanol–water partition coefficient (Wildman–Crippen LogP) is 2.88. The zero-order chi connectivity index (χ0) is 11.4. The molecule has 90 valence electrons. The van der Waals surface area contributed by atoms with Crippen molar-refractivity contribution in [2.75, 3.05) is 6.61 Å². The Morgan fingerprint density at radius 1 is 1.69 bits per heavy atom. The van der Waals surface area contributed by atoms with Gasteiger partial charge in [-0.3, -0.25) is 0 Å². The Kier molecular flexibility index (Phi) is 4.32. The molecule has 2 heterocycles. The summed E-state index contributed by atoms with van der Waals surface area (Å²) in [6.07, 6.45) is 3.72. The van der Waals surface area contributed by atoms with Gasteiger partial charge in [0.15, 0.2) is 0 Å². The average molecular weight is 240 g/mol. The van der Waals surface area contributed by atoms with E-state index in [4.69, 9.17) is 4.74 Å². The molecule has 0 amide bonds. The van der Waals surface area contributed by atoms with Crippen LogP contribution in [0, 0.1) is 0 Å². The standard InChI is InChI=1S/C12H20N2OS/c1-3-9(2)13-7-10-8-16-12(14-10)11-5-4-6-15-11/h8-9,11,13H,3-7H2,1-2H3. The first-order chi connectivity index (χ1) is 7.79. The highest BCUT2D eigenvalue weighted by Crippen LogP contribution is 2.30. The Labute approximate surface area is 101 Å². The summed E-state index contributed by atoms with van der Waals surface area (Å²) in [5.74, 6) is 0. The van der Waals surface area contributed by atoms with E-state index >= 15 is 0 Å². The number of hydrogen-bond donors (Lipinski definition) is 1. The van der Waals surface area contributed by atoms with Crippen molar-refractivity contribution in [1.29, 1.82) is 0 Å². The molecule has 1 aromatic heterocycles. The van der Waals surface area contributed by atoms with Crippen LogP contribution in [0.1, 0.15) is 49.9 Å². The van der Waals surface area contributed by atoms with Crippen LogP contribution < -0.4 is 5.32 Å². The van der Waals surface area contributed by atoms with Crippen LogP contribution in [0.4, 0.5) is 0 Å². The fourth-order valence-electron chi connectivity index (χ4n) is 1.75. The van der Waals surface area contributed by atoms with Gasteiger partial charge in [-0.15, -0.1) is 11.3 Å². The molecule has 2 rings (SSSR count). The minimum absolute atomic E-state index is 0.266. The van der Waals surface area contributed by atoms with Gasteiger partial charge in [-0.05, 0) is 26.2 Å². The van der Waals surface area contributed by atoms with E-state index in [1.807, 2.05) is 0 Å².